The Kier molecular flexibility index (Phi) is 7.96. The second kappa shape index (κ2) is 11.1. The first-order valence-corrected chi connectivity index (χ1v) is 13.0. The summed E-state index contributed by atoms with van der Waals surface area (Å²) in [5.41, 5.74) is 8.29. The number of fused-ring (bicyclic) bond motifs is 1. The van der Waals surface area contributed by atoms with E-state index in [9.17, 15) is 19.2 Å². The first kappa shape index (κ1) is 28.1. The van der Waals surface area contributed by atoms with Gasteiger partial charge < -0.3 is 30.7 Å². The van der Waals surface area contributed by atoms with Crippen LogP contribution in [0.3, 0.4) is 0 Å². The summed E-state index contributed by atoms with van der Waals surface area (Å²) in [5.74, 6) is -1.12. The maximum Gasteiger partial charge on any atom is 0.408 e. The van der Waals surface area contributed by atoms with Crippen LogP contribution in [0.5, 0.6) is 0 Å². The van der Waals surface area contributed by atoms with Crippen molar-refractivity contribution in [3.8, 4) is 11.1 Å². The number of anilines is 1. The first-order chi connectivity index (χ1) is 18.4. The lowest BCUT2D eigenvalue weighted by molar-refractivity contribution is -0.135. The standard InChI is InChI=1S/C29H36N4O6/c1-28(2,3)39-27(37)32-29(11-13-38-14-12-29)26(36)31-22(25(30)35)15-18-5-7-19(8-6-18)20-9-10-21-17-24(34)33(4)23(21)16-20/h5-10,16,22H,11-15,17H2,1-4H3,(H2,30,35)(H,31,36)(H,32,37). The number of alkyl carbamates (subject to hydrolysis) is 1. The van der Waals surface area contributed by atoms with Gasteiger partial charge in [0.1, 0.15) is 17.2 Å². The lowest BCUT2D eigenvalue weighted by atomic mass is 9.88. The number of carbonyl (C=O) groups is 4. The number of nitrogens with zero attached hydrogens (tertiary/aromatic N) is 1. The number of hydrogen-bond donors (Lipinski definition) is 3. The molecule has 10 heteroatoms. The van der Waals surface area contributed by atoms with E-state index in [1.807, 2.05) is 42.5 Å². The monoisotopic (exact) mass is 536 g/mol. The van der Waals surface area contributed by atoms with E-state index in [0.29, 0.717) is 6.42 Å². The predicted octanol–water partition coefficient (Wildman–Crippen LogP) is 2.46. The molecular formula is C29H36N4O6. The SMILES string of the molecule is CN1C(=O)Cc2ccc(-c3ccc(CC(NC(=O)C4(NC(=O)OC(C)(C)C)CCOCC4)C(N)=O)cc3)cc21. The number of ether oxygens (including phenoxy) is 2. The van der Waals surface area contributed by atoms with Gasteiger partial charge in [-0.15, -0.1) is 0 Å². The third kappa shape index (κ3) is 6.57. The van der Waals surface area contributed by atoms with E-state index in [2.05, 4.69) is 10.6 Å². The number of nitrogens with one attached hydrogen (secondary N) is 2. The van der Waals surface area contributed by atoms with Crippen molar-refractivity contribution in [2.24, 2.45) is 5.73 Å². The van der Waals surface area contributed by atoms with E-state index in [-0.39, 0.29) is 38.4 Å². The fourth-order valence-corrected chi connectivity index (χ4v) is 4.84. The minimum atomic E-state index is -1.28. The Morgan fingerprint density at radius 1 is 1.08 bits per heavy atom. The number of amides is 4. The van der Waals surface area contributed by atoms with Gasteiger partial charge in [-0.05, 0) is 49.1 Å². The summed E-state index contributed by atoms with van der Waals surface area (Å²) in [5, 5.41) is 5.47. The van der Waals surface area contributed by atoms with Gasteiger partial charge in [-0.3, -0.25) is 14.4 Å². The van der Waals surface area contributed by atoms with E-state index >= 15 is 0 Å². The van der Waals surface area contributed by atoms with E-state index in [0.717, 1.165) is 27.9 Å². The largest absolute Gasteiger partial charge is 0.444 e. The number of benzene rings is 2. The normalized spacial score (nSPS) is 17.2. The Hall–Kier alpha value is -3.92. The Morgan fingerprint density at radius 2 is 1.72 bits per heavy atom. The Balaban J connectivity index is 1.46. The molecule has 0 bridgehead atoms. The van der Waals surface area contributed by atoms with Crippen LogP contribution in [0, 0.1) is 0 Å². The van der Waals surface area contributed by atoms with Crippen molar-refractivity contribution >= 4 is 29.5 Å². The van der Waals surface area contributed by atoms with Crippen LogP contribution in [0.4, 0.5) is 10.5 Å². The molecule has 1 atom stereocenters. The van der Waals surface area contributed by atoms with Crippen molar-refractivity contribution in [1.82, 2.24) is 10.6 Å². The zero-order valence-electron chi connectivity index (χ0n) is 22.8. The molecule has 1 saturated heterocycles. The average Bonchev–Trinajstić information content (AvgIpc) is 3.16. The highest BCUT2D eigenvalue weighted by Crippen LogP contribution is 2.32. The van der Waals surface area contributed by atoms with Gasteiger partial charge in [0, 0.05) is 45.2 Å². The molecule has 0 radical (unpaired) electrons. The molecule has 10 nitrogen and oxygen atoms in total. The van der Waals surface area contributed by atoms with Gasteiger partial charge in [-0.25, -0.2) is 4.79 Å². The lowest BCUT2D eigenvalue weighted by Gasteiger charge is -2.37. The van der Waals surface area contributed by atoms with Gasteiger partial charge in [0.2, 0.25) is 17.7 Å². The van der Waals surface area contributed by atoms with Crippen molar-refractivity contribution in [2.45, 2.75) is 63.6 Å². The molecule has 2 aliphatic rings. The van der Waals surface area contributed by atoms with E-state index in [1.54, 1.807) is 32.7 Å². The third-order valence-electron chi connectivity index (χ3n) is 7.06. The highest BCUT2D eigenvalue weighted by molar-refractivity contribution is 6.01. The fraction of sp³-hybridized carbons (Fsp3) is 0.448. The number of likely N-dealkylation sites (N-methyl/N-ethyl adjacent to an activating group) is 1. The van der Waals surface area contributed by atoms with Crippen LogP contribution < -0.4 is 21.3 Å². The highest BCUT2D eigenvalue weighted by Gasteiger charge is 2.43. The van der Waals surface area contributed by atoms with Crippen LogP contribution in [0.25, 0.3) is 11.1 Å². The highest BCUT2D eigenvalue weighted by atomic mass is 16.6. The predicted molar refractivity (Wildman–Crippen MR) is 146 cm³/mol. The molecule has 2 aromatic rings. The van der Waals surface area contributed by atoms with E-state index < -0.39 is 35.1 Å². The topological polar surface area (TPSA) is 140 Å². The van der Waals surface area contributed by atoms with Gasteiger partial charge >= 0.3 is 6.09 Å². The Morgan fingerprint density at radius 3 is 2.33 bits per heavy atom. The van der Waals surface area contributed by atoms with Gasteiger partial charge in [-0.1, -0.05) is 36.4 Å². The number of nitrogens with two attached hydrogens (primary N) is 1. The summed E-state index contributed by atoms with van der Waals surface area (Å²) in [6, 6.07) is 12.6. The number of rotatable bonds is 7. The number of hydrogen-bond acceptors (Lipinski definition) is 6. The van der Waals surface area contributed by atoms with Gasteiger partial charge in [0.15, 0.2) is 0 Å². The molecule has 1 fully saturated rings. The van der Waals surface area contributed by atoms with Crippen molar-refractivity contribution in [1.29, 1.82) is 0 Å². The molecule has 4 rings (SSSR count). The van der Waals surface area contributed by atoms with Crippen LogP contribution in [0.15, 0.2) is 42.5 Å². The smallest absolute Gasteiger partial charge is 0.408 e. The van der Waals surface area contributed by atoms with Crippen LogP contribution in [0.1, 0.15) is 44.7 Å². The van der Waals surface area contributed by atoms with E-state index in [1.165, 1.54) is 0 Å². The molecule has 4 amide bonds. The third-order valence-corrected chi connectivity index (χ3v) is 7.06. The van der Waals surface area contributed by atoms with Gasteiger partial charge in [-0.2, -0.15) is 0 Å². The van der Waals surface area contributed by atoms with Crippen LogP contribution in [-0.2, 0) is 36.7 Å². The maximum absolute atomic E-state index is 13.4. The average molecular weight is 537 g/mol. The minimum absolute atomic E-state index is 0.0702. The summed E-state index contributed by atoms with van der Waals surface area (Å²) in [6.45, 7) is 5.77. The van der Waals surface area contributed by atoms with Crippen LogP contribution >= 0.6 is 0 Å². The van der Waals surface area contributed by atoms with Crippen molar-refractivity contribution < 1.29 is 28.7 Å². The van der Waals surface area contributed by atoms with Gasteiger partial charge in [0.05, 0.1) is 6.42 Å². The van der Waals surface area contributed by atoms with Crippen molar-refractivity contribution in [3.05, 3.63) is 53.6 Å². The molecule has 0 aliphatic carbocycles. The van der Waals surface area contributed by atoms with Crippen LogP contribution in [-0.4, -0.2) is 61.3 Å². The molecule has 0 saturated carbocycles. The summed E-state index contributed by atoms with van der Waals surface area (Å²) in [6.07, 6.45) is 0.349. The van der Waals surface area contributed by atoms with Gasteiger partial charge in [0.25, 0.3) is 0 Å². The zero-order valence-corrected chi connectivity index (χ0v) is 22.8. The van der Waals surface area contributed by atoms with E-state index in [4.69, 9.17) is 15.2 Å². The quantitative estimate of drug-likeness (QED) is 0.497. The molecule has 2 aliphatic heterocycles. The summed E-state index contributed by atoms with van der Waals surface area (Å²) < 4.78 is 10.8. The first-order valence-electron chi connectivity index (χ1n) is 13.0. The number of primary amides is 1. The molecule has 1 unspecified atom stereocenters. The molecule has 0 aromatic heterocycles. The molecule has 2 heterocycles. The van der Waals surface area contributed by atoms with Crippen LogP contribution in [0.2, 0.25) is 0 Å². The summed E-state index contributed by atoms with van der Waals surface area (Å²) >= 11 is 0. The molecule has 39 heavy (non-hydrogen) atoms. The Labute approximate surface area is 228 Å². The fourth-order valence-electron chi connectivity index (χ4n) is 4.84. The Bertz CT molecular complexity index is 1260. The number of carbonyl (C=O) groups excluding carboxylic acids is 4. The summed E-state index contributed by atoms with van der Waals surface area (Å²) in [4.78, 5) is 52.0. The minimum Gasteiger partial charge on any atom is -0.444 e. The molecule has 2 aromatic carbocycles. The second-order valence-corrected chi connectivity index (χ2v) is 11.1. The molecule has 0 spiro atoms. The maximum atomic E-state index is 13.4. The second-order valence-electron chi connectivity index (χ2n) is 11.1. The zero-order chi connectivity index (χ0) is 28.4. The summed E-state index contributed by atoms with van der Waals surface area (Å²) in [7, 11) is 1.77. The molecular weight excluding hydrogens is 500 g/mol. The van der Waals surface area contributed by atoms with Crippen molar-refractivity contribution in [3.63, 3.8) is 0 Å². The van der Waals surface area contributed by atoms with Crippen molar-refractivity contribution in [2.75, 3.05) is 25.2 Å². The lowest BCUT2D eigenvalue weighted by Crippen LogP contribution is -2.64. The molecule has 208 valence electrons. The molecule has 4 N–H and O–H groups in total.